The zero-order valence-corrected chi connectivity index (χ0v) is 14.3. The van der Waals surface area contributed by atoms with Crippen molar-refractivity contribution in [1.29, 1.82) is 0 Å². The summed E-state index contributed by atoms with van der Waals surface area (Å²) in [6.45, 7) is 0. The minimum absolute atomic E-state index is 0.767. The summed E-state index contributed by atoms with van der Waals surface area (Å²) in [4.78, 5) is 2.28. The Labute approximate surface area is 153 Å². The van der Waals surface area contributed by atoms with Crippen LogP contribution in [0.4, 0.5) is 22.7 Å². The van der Waals surface area contributed by atoms with Gasteiger partial charge in [-0.2, -0.15) is 0 Å². The smallest absolute Gasteiger partial charge is 0.0691 e. The van der Waals surface area contributed by atoms with Crippen molar-refractivity contribution in [2.45, 2.75) is 0 Å². The molecule has 4 aromatic rings. The molecule has 1 aliphatic rings. The van der Waals surface area contributed by atoms with Gasteiger partial charge in [-0.05, 0) is 35.4 Å². The lowest BCUT2D eigenvalue weighted by Crippen LogP contribution is -2.12. The molecule has 2 N–H and O–H groups in total. The Morgan fingerprint density at radius 3 is 1.31 bits per heavy atom. The van der Waals surface area contributed by atoms with Crippen LogP contribution in [0.2, 0.25) is 0 Å². The van der Waals surface area contributed by atoms with Crippen molar-refractivity contribution >= 4 is 22.7 Å². The van der Waals surface area contributed by atoms with Crippen LogP contribution in [0, 0.1) is 0 Å². The van der Waals surface area contributed by atoms with Crippen LogP contribution in [-0.4, -0.2) is 0 Å². The molecule has 0 atom stereocenters. The van der Waals surface area contributed by atoms with Crippen LogP contribution < -0.4 is 10.6 Å². The Hall–Kier alpha value is -3.52. The van der Waals surface area contributed by atoms with Gasteiger partial charge in [-0.3, -0.25) is 0 Å². The van der Waals surface area contributed by atoms with Gasteiger partial charge in [0.25, 0.3) is 0 Å². The van der Waals surface area contributed by atoms with Crippen molar-refractivity contribution in [1.82, 2.24) is 0 Å². The molecule has 0 unspecified atom stereocenters. The van der Waals surface area contributed by atoms with Gasteiger partial charge in [0.1, 0.15) is 0 Å². The summed E-state index contributed by atoms with van der Waals surface area (Å²) in [5.41, 5.74) is 15.3. The molecule has 0 saturated carbocycles. The molecule has 1 heterocycles. The van der Waals surface area contributed by atoms with Gasteiger partial charge in [-0.15, -0.1) is 0 Å². The predicted molar refractivity (Wildman–Crippen MR) is 110 cm³/mol. The average molecular weight is 334 g/mol. The van der Waals surface area contributed by atoms with Gasteiger partial charge < -0.3 is 10.6 Å². The number of nitrogen functional groups attached to an aromatic ring is 1. The van der Waals surface area contributed by atoms with Crippen molar-refractivity contribution < 1.29 is 0 Å². The molecule has 0 bridgehead atoms. The van der Waals surface area contributed by atoms with Crippen LogP contribution in [0.25, 0.3) is 22.3 Å². The second-order valence-electron chi connectivity index (χ2n) is 6.47. The van der Waals surface area contributed by atoms with Gasteiger partial charge in [-0.1, -0.05) is 72.8 Å². The Bertz CT molecular complexity index is 1050. The zero-order chi connectivity index (χ0) is 17.5. The van der Waals surface area contributed by atoms with Crippen LogP contribution in [0.1, 0.15) is 0 Å². The largest absolute Gasteiger partial charge is 0.397 e. The Morgan fingerprint density at radius 1 is 0.423 bits per heavy atom. The number of nitrogens with two attached hydrogens (primary N) is 1. The fourth-order valence-electron chi connectivity index (χ4n) is 3.83. The number of hydrogen-bond acceptors (Lipinski definition) is 2. The predicted octanol–water partition coefficient (Wildman–Crippen LogP) is 6.39. The molecule has 5 rings (SSSR count). The first-order valence-corrected chi connectivity index (χ1v) is 8.77. The number of benzene rings is 4. The lowest BCUT2D eigenvalue weighted by Gasteiger charge is -2.28. The molecular formula is C24H18N2. The van der Waals surface area contributed by atoms with Crippen molar-refractivity contribution in [3.8, 4) is 22.3 Å². The summed E-state index contributed by atoms with van der Waals surface area (Å²) in [6.07, 6.45) is 0. The minimum atomic E-state index is 0.767. The van der Waals surface area contributed by atoms with E-state index in [0.717, 1.165) is 22.7 Å². The monoisotopic (exact) mass is 334 g/mol. The second-order valence-corrected chi connectivity index (χ2v) is 6.47. The third-order valence-electron chi connectivity index (χ3n) is 4.97. The maximum atomic E-state index is 6.38. The van der Waals surface area contributed by atoms with E-state index in [2.05, 4.69) is 83.8 Å². The van der Waals surface area contributed by atoms with Crippen LogP contribution in [0.5, 0.6) is 0 Å². The van der Waals surface area contributed by atoms with Crippen molar-refractivity contribution in [2.24, 2.45) is 0 Å². The number of anilines is 4. The third kappa shape index (κ3) is 2.12. The summed E-state index contributed by atoms with van der Waals surface area (Å²) in [5.74, 6) is 0. The SMILES string of the molecule is Nc1ccccc1N1c2ccccc2-c2ccccc2-c2ccccc21. The fraction of sp³-hybridized carbons (Fsp3) is 0. The van der Waals surface area contributed by atoms with Crippen LogP contribution in [0.3, 0.4) is 0 Å². The molecule has 0 spiro atoms. The summed E-state index contributed by atoms with van der Waals surface area (Å²) in [7, 11) is 0. The minimum Gasteiger partial charge on any atom is -0.397 e. The molecule has 26 heavy (non-hydrogen) atoms. The molecule has 124 valence electrons. The lowest BCUT2D eigenvalue weighted by atomic mass is 9.95. The molecule has 0 fully saturated rings. The van der Waals surface area contributed by atoms with Gasteiger partial charge in [0.15, 0.2) is 0 Å². The second kappa shape index (κ2) is 5.78. The van der Waals surface area contributed by atoms with E-state index in [4.69, 9.17) is 5.73 Å². The van der Waals surface area contributed by atoms with Gasteiger partial charge in [0, 0.05) is 11.1 Å². The zero-order valence-electron chi connectivity index (χ0n) is 14.3. The molecule has 4 aromatic carbocycles. The first-order valence-electron chi connectivity index (χ1n) is 8.77. The Kier molecular flexibility index (Phi) is 3.29. The average Bonchev–Trinajstić information content (AvgIpc) is 2.82. The van der Waals surface area contributed by atoms with Crippen LogP contribution in [-0.2, 0) is 0 Å². The quantitative estimate of drug-likeness (QED) is 0.360. The van der Waals surface area contributed by atoms with E-state index in [0.29, 0.717) is 0 Å². The third-order valence-corrected chi connectivity index (χ3v) is 4.97. The van der Waals surface area contributed by atoms with Gasteiger partial charge in [0.05, 0.1) is 22.7 Å². The number of fused-ring (bicyclic) bond motifs is 5. The molecular weight excluding hydrogens is 316 g/mol. The molecule has 1 aliphatic heterocycles. The highest BCUT2D eigenvalue weighted by atomic mass is 15.2. The molecule has 0 radical (unpaired) electrons. The van der Waals surface area contributed by atoms with Gasteiger partial charge in [0.2, 0.25) is 0 Å². The molecule has 0 amide bonds. The maximum Gasteiger partial charge on any atom is 0.0691 e. The number of rotatable bonds is 1. The summed E-state index contributed by atoms with van der Waals surface area (Å²) in [6, 6.07) is 33.7. The summed E-state index contributed by atoms with van der Waals surface area (Å²) < 4.78 is 0. The van der Waals surface area contributed by atoms with Crippen molar-refractivity contribution in [3.05, 3.63) is 97.1 Å². The van der Waals surface area contributed by atoms with E-state index in [1.807, 2.05) is 18.2 Å². The maximum absolute atomic E-state index is 6.38. The molecule has 2 nitrogen and oxygen atoms in total. The molecule has 0 saturated heterocycles. The first-order chi connectivity index (χ1) is 12.8. The normalized spacial score (nSPS) is 11.9. The van der Waals surface area contributed by atoms with Crippen molar-refractivity contribution in [3.63, 3.8) is 0 Å². The standard InChI is InChI=1S/C24H18N2/c25-21-13-5-8-16-24(21)26-22-14-6-3-11-19(22)17-9-1-2-10-18(17)20-12-4-7-15-23(20)26/h1-16H,25H2. The molecule has 0 aliphatic carbocycles. The van der Waals surface area contributed by atoms with E-state index < -0.39 is 0 Å². The topological polar surface area (TPSA) is 29.3 Å². The Morgan fingerprint density at radius 2 is 0.808 bits per heavy atom. The highest BCUT2D eigenvalue weighted by Crippen LogP contribution is 2.51. The number of hydrogen-bond donors (Lipinski definition) is 1. The first kappa shape index (κ1) is 14.8. The van der Waals surface area contributed by atoms with E-state index in [9.17, 15) is 0 Å². The summed E-state index contributed by atoms with van der Waals surface area (Å²) >= 11 is 0. The fourth-order valence-corrected chi connectivity index (χ4v) is 3.83. The van der Waals surface area contributed by atoms with E-state index in [1.54, 1.807) is 0 Å². The van der Waals surface area contributed by atoms with Crippen LogP contribution >= 0.6 is 0 Å². The van der Waals surface area contributed by atoms with Gasteiger partial charge >= 0.3 is 0 Å². The van der Waals surface area contributed by atoms with E-state index >= 15 is 0 Å². The Balaban J connectivity index is 1.93. The molecule has 2 heteroatoms. The van der Waals surface area contributed by atoms with Crippen LogP contribution in [0.15, 0.2) is 97.1 Å². The van der Waals surface area contributed by atoms with Gasteiger partial charge in [-0.25, -0.2) is 0 Å². The lowest BCUT2D eigenvalue weighted by molar-refractivity contribution is 1.30. The van der Waals surface area contributed by atoms with E-state index in [1.165, 1.54) is 22.3 Å². The highest BCUT2D eigenvalue weighted by molar-refractivity contribution is 6.03. The van der Waals surface area contributed by atoms with Crippen molar-refractivity contribution in [2.75, 3.05) is 10.6 Å². The highest BCUT2D eigenvalue weighted by Gasteiger charge is 2.25. The number of nitrogens with zero attached hydrogens (tertiary/aromatic N) is 1. The molecule has 0 aromatic heterocycles. The number of para-hydroxylation sites is 4. The summed E-state index contributed by atoms with van der Waals surface area (Å²) in [5, 5.41) is 0. The van der Waals surface area contributed by atoms with E-state index in [-0.39, 0.29) is 0 Å².